The monoisotopic (exact) mass is 768 g/mol. The standard InChI is InChI=1S/C48H64O8/c1-3-5-12-17-38-18-20-39(21-19-38)40-22-28-43(29-23-40)52-34-13-8-6-7-9-16-37-55-47(50)41-26-32-45(33-27-41)56-48(51)42-24-30-44(31-25-42)53-35-14-10-11-15-36-54-46(49)4-2/h4,22-33,38-39H,2-3,5-21,34-37H2,1H3. The fourth-order valence-corrected chi connectivity index (χ4v) is 7.14. The molecule has 3 aromatic rings. The second-order valence-electron chi connectivity index (χ2n) is 15.0. The first-order valence-electron chi connectivity index (χ1n) is 21.2. The first kappa shape index (κ1) is 44.1. The molecule has 0 heterocycles. The van der Waals surface area contributed by atoms with E-state index >= 15 is 0 Å². The maximum absolute atomic E-state index is 12.6. The van der Waals surface area contributed by atoms with Crippen LogP contribution in [-0.4, -0.2) is 44.3 Å². The van der Waals surface area contributed by atoms with Gasteiger partial charge in [0.25, 0.3) is 0 Å². The predicted octanol–water partition coefficient (Wildman–Crippen LogP) is 12.0. The topological polar surface area (TPSA) is 97.4 Å². The van der Waals surface area contributed by atoms with E-state index in [2.05, 4.69) is 37.8 Å². The Labute approximate surface area is 335 Å². The third kappa shape index (κ3) is 17.1. The number of esters is 3. The molecule has 0 N–H and O–H groups in total. The van der Waals surface area contributed by atoms with Crippen molar-refractivity contribution < 1.29 is 38.1 Å². The molecular formula is C48H64O8. The molecule has 8 heteroatoms. The minimum absolute atomic E-state index is 0.343. The predicted molar refractivity (Wildman–Crippen MR) is 222 cm³/mol. The summed E-state index contributed by atoms with van der Waals surface area (Å²) in [6.45, 7) is 7.73. The van der Waals surface area contributed by atoms with Gasteiger partial charge in [0.05, 0.1) is 37.6 Å². The van der Waals surface area contributed by atoms with E-state index in [0.29, 0.717) is 48.4 Å². The van der Waals surface area contributed by atoms with Crippen LogP contribution in [0.5, 0.6) is 17.2 Å². The lowest BCUT2D eigenvalue weighted by atomic mass is 9.77. The van der Waals surface area contributed by atoms with Gasteiger partial charge < -0.3 is 23.7 Å². The van der Waals surface area contributed by atoms with Crippen LogP contribution < -0.4 is 14.2 Å². The van der Waals surface area contributed by atoms with Gasteiger partial charge in [0.1, 0.15) is 17.2 Å². The molecule has 1 aliphatic rings. The third-order valence-electron chi connectivity index (χ3n) is 10.6. The third-order valence-corrected chi connectivity index (χ3v) is 10.6. The Morgan fingerprint density at radius 3 is 1.59 bits per heavy atom. The highest BCUT2D eigenvalue weighted by Crippen LogP contribution is 2.38. The van der Waals surface area contributed by atoms with Gasteiger partial charge in [-0.3, -0.25) is 0 Å². The van der Waals surface area contributed by atoms with Crippen LogP contribution in [0.15, 0.2) is 85.5 Å². The molecule has 3 aromatic carbocycles. The number of unbranched alkanes of at least 4 members (excludes halogenated alkanes) is 10. The lowest BCUT2D eigenvalue weighted by molar-refractivity contribution is -0.137. The fraction of sp³-hybridized carbons (Fsp3) is 0.521. The van der Waals surface area contributed by atoms with E-state index in [1.807, 2.05) is 0 Å². The van der Waals surface area contributed by atoms with E-state index in [0.717, 1.165) is 88.6 Å². The Hall–Kier alpha value is -4.59. The number of benzene rings is 3. The summed E-state index contributed by atoms with van der Waals surface area (Å²) in [5.74, 6) is 2.35. The molecule has 0 radical (unpaired) electrons. The number of hydrogen-bond acceptors (Lipinski definition) is 8. The summed E-state index contributed by atoms with van der Waals surface area (Å²) in [7, 11) is 0. The highest BCUT2D eigenvalue weighted by Gasteiger charge is 2.22. The Bertz CT molecular complexity index is 1560. The molecule has 8 nitrogen and oxygen atoms in total. The van der Waals surface area contributed by atoms with Crippen molar-refractivity contribution in [1.29, 1.82) is 0 Å². The summed E-state index contributed by atoms with van der Waals surface area (Å²) in [5.41, 5.74) is 2.28. The van der Waals surface area contributed by atoms with Crippen LogP contribution in [0, 0.1) is 5.92 Å². The lowest BCUT2D eigenvalue weighted by Crippen LogP contribution is -2.13. The zero-order valence-electron chi connectivity index (χ0n) is 33.7. The molecule has 1 fully saturated rings. The number of carbonyl (C=O) groups is 3. The molecule has 0 bridgehead atoms. The Balaban J connectivity index is 0.983. The van der Waals surface area contributed by atoms with Crippen LogP contribution in [0.25, 0.3) is 0 Å². The van der Waals surface area contributed by atoms with Gasteiger partial charge in [-0.15, -0.1) is 0 Å². The summed E-state index contributed by atoms with van der Waals surface area (Å²) < 4.78 is 27.7. The van der Waals surface area contributed by atoms with Gasteiger partial charge in [-0.2, -0.15) is 0 Å². The van der Waals surface area contributed by atoms with Crippen LogP contribution in [0.2, 0.25) is 0 Å². The highest BCUT2D eigenvalue weighted by atomic mass is 16.5. The summed E-state index contributed by atoms with van der Waals surface area (Å²) >= 11 is 0. The average Bonchev–Trinajstić information content (AvgIpc) is 3.23. The van der Waals surface area contributed by atoms with Crippen LogP contribution in [-0.2, 0) is 14.3 Å². The van der Waals surface area contributed by atoms with Crippen molar-refractivity contribution in [2.24, 2.45) is 5.92 Å². The normalized spacial score (nSPS) is 15.1. The molecule has 304 valence electrons. The number of ether oxygens (including phenoxy) is 5. The van der Waals surface area contributed by atoms with Gasteiger partial charge in [-0.05, 0) is 142 Å². The van der Waals surface area contributed by atoms with Gasteiger partial charge in [0, 0.05) is 6.08 Å². The van der Waals surface area contributed by atoms with Crippen molar-refractivity contribution in [3.8, 4) is 17.2 Å². The molecule has 0 spiro atoms. The quantitative estimate of drug-likeness (QED) is 0.0327. The number of rotatable bonds is 27. The van der Waals surface area contributed by atoms with E-state index in [1.165, 1.54) is 56.9 Å². The van der Waals surface area contributed by atoms with Gasteiger partial charge >= 0.3 is 17.9 Å². The fourth-order valence-electron chi connectivity index (χ4n) is 7.14. The summed E-state index contributed by atoms with van der Waals surface area (Å²) in [6, 6.07) is 22.0. The van der Waals surface area contributed by atoms with Gasteiger partial charge in [-0.25, -0.2) is 14.4 Å². The minimum atomic E-state index is -0.498. The minimum Gasteiger partial charge on any atom is -0.494 e. The molecule has 0 aliphatic heterocycles. The summed E-state index contributed by atoms with van der Waals surface area (Å²) in [5, 5.41) is 0. The van der Waals surface area contributed by atoms with Crippen molar-refractivity contribution in [2.45, 2.75) is 128 Å². The molecule has 0 saturated heterocycles. The summed E-state index contributed by atoms with van der Waals surface area (Å²) in [6.07, 6.45) is 21.9. The highest BCUT2D eigenvalue weighted by molar-refractivity contribution is 5.92. The average molecular weight is 769 g/mol. The largest absolute Gasteiger partial charge is 0.494 e. The molecule has 0 aromatic heterocycles. The molecule has 1 aliphatic carbocycles. The van der Waals surface area contributed by atoms with Crippen LogP contribution >= 0.6 is 0 Å². The van der Waals surface area contributed by atoms with Crippen molar-refractivity contribution in [2.75, 3.05) is 26.4 Å². The zero-order valence-corrected chi connectivity index (χ0v) is 33.7. The van der Waals surface area contributed by atoms with Crippen LogP contribution in [0.4, 0.5) is 0 Å². The SMILES string of the molecule is C=CC(=O)OCCCCCCOc1ccc(C(=O)Oc2ccc(C(=O)OCCCCCCCCOc3ccc(C4CCC(CCCCC)CC4)cc3)cc2)cc1. The van der Waals surface area contributed by atoms with E-state index in [-0.39, 0.29) is 5.97 Å². The van der Waals surface area contributed by atoms with Crippen LogP contribution in [0.3, 0.4) is 0 Å². The lowest BCUT2D eigenvalue weighted by Gasteiger charge is -2.29. The second-order valence-corrected chi connectivity index (χ2v) is 15.0. The molecule has 56 heavy (non-hydrogen) atoms. The van der Waals surface area contributed by atoms with Crippen molar-refractivity contribution in [3.63, 3.8) is 0 Å². The Morgan fingerprint density at radius 1 is 0.554 bits per heavy atom. The van der Waals surface area contributed by atoms with Gasteiger partial charge in [-0.1, -0.05) is 77.0 Å². The second kappa shape index (κ2) is 26.3. The molecule has 4 rings (SSSR count). The van der Waals surface area contributed by atoms with Crippen molar-refractivity contribution in [3.05, 3.63) is 102 Å². The van der Waals surface area contributed by atoms with E-state index in [4.69, 9.17) is 23.7 Å². The van der Waals surface area contributed by atoms with Crippen LogP contribution in [0.1, 0.15) is 155 Å². The summed E-state index contributed by atoms with van der Waals surface area (Å²) in [4.78, 5) is 36.2. The molecule has 0 unspecified atom stereocenters. The zero-order chi connectivity index (χ0) is 39.6. The Morgan fingerprint density at radius 2 is 1.04 bits per heavy atom. The van der Waals surface area contributed by atoms with E-state index in [1.54, 1.807) is 48.5 Å². The van der Waals surface area contributed by atoms with Gasteiger partial charge in [0.15, 0.2) is 0 Å². The van der Waals surface area contributed by atoms with E-state index in [9.17, 15) is 14.4 Å². The molecule has 0 amide bonds. The van der Waals surface area contributed by atoms with E-state index < -0.39 is 11.9 Å². The first-order chi connectivity index (χ1) is 27.4. The maximum Gasteiger partial charge on any atom is 0.343 e. The Kier molecular flexibility index (Phi) is 20.7. The van der Waals surface area contributed by atoms with Crippen molar-refractivity contribution >= 4 is 17.9 Å². The molecular weight excluding hydrogens is 705 g/mol. The smallest absolute Gasteiger partial charge is 0.343 e. The maximum atomic E-state index is 12.6. The molecule has 1 saturated carbocycles. The molecule has 0 atom stereocenters. The number of carbonyl (C=O) groups excluding carboxylic acids is 3. The number of hydrogen-bond donors (Lipinski definition) is 0. The van der Waals surface area contributed by atoms with Gasteiger partial charge in [0.2, 0.25) is 0 Å². The van der Waals surface area contributed by atoms with Crippen molar-refractivity contribution in [1.82, 2.24) is 0 Å². The first-order valence-corrected chi connectivity index (χ1v) is 21.2.